The van der Waals surface area contributed by atoms with Crippen LogP contribution in [0, 0.1) is 0 Å². The van der Waals surface area contributed by atoms with Gasteiger partial charge in [-0.05, 0) is 37.0 Å². The SMILES string of the molecule is CCOc1ccccc1CCC(=O)NN1C(=O)N[C@](CC)(c2ccccc2)C1=O. The Morgan fingerprint density at radius 2 is 1.76 bits per heavy atom. The van der Waals surface area contributed by atoms with E-state index in [1.165, 1.54) is 0 Å². The fraction of sp³-hybridized carbons (Fsp3) is 0.318. The van der Waals surface area contributed by atoms with Gasteiger partial charge < -0.3 is 10.1 Å². The number of nitrogens with one attached hydrogen (secondary N) is 2. The van der Waals surface area contributed by atoms with Gasteiger partial charge in [0.1, 0.15) is 11.3 Å². The van der Waals surface area contributed by atoms with Crippen LogP contribution in [-0.2, 0) is 21.5 Å². The van der Waals surface area contributed by atoms with Crippen LogP contribution in [0.5, 0.6) is 5.75 Å². The number of hydrogen-bond donors (Lipinski definition) is 2. The summed E-state index contributed by atoms with van der Waals surface area (Å²) in [6.07, 6.45) is 0.921. The zero-order chi connectivity index (χ0) is 20.9. The van der Waals surface area contributed by atoms with Gasteiger partial charge in [0, 0.05) is 6.42 Å². The van der Waals surface area contributed by atoms with Crippen molar-refractivity contribution in [1.29, 1.82) is 0 Å². The molecule has 0 bridgehead atoms. The molecule has 0 unspecified atom stereocenters. The van der Waals surface area contributed by atoms with Crippen molar-refractivity contribution in [2.75, 3.05) is 6.61 Å². The first-order valence-corrected chi connectivity index (χ1v) is 9.74. The number of ether oxygens (including phenoxy) is 1. The molecule has 0 radical (unpaired) electrons. The molecule has 3 rings (SSSR count). The lowest BCUT2D eigenvalue weighted by Gasteiger charge is -2.25. The molecular weight excluding hydrogens is 370 g/mol. The highest BCUT2D eigenvalue weighted by Crippen LogP contribution is 2.31. The van der Waals surface area contributed by atoms with E-state index in [-0.39, 0.29) is 6.42 Å². The van der Waals surface area contributed by atoms with Crippen molar-refractivity contribution in [3.63, 3.8) is 0 Å². The minimum Gasteiger partial charge on any atom is -0.494 e. The molecule has 152 valence electrons. The van der Waals surface area contributed by atoms with Crippen molar-refractivity contribution in [3.05, 3.63) is 65.7 Å². The summed E-state index contributed by atoms with van der Waals surface area (Å²) in [6.45, 7) is 4.25. The molecule has 1 heterocycles. The number of carbonyl (C=O) groups excluding carboxylic acids is 3. The van der Waals surface area contributed by atoms with Crippen LogP contribution in [0.2, 0.25) is 0 Å². The number of para-hydroxylation sites is 1. The first kappa shape index (κ1) is 20.4. The van der Waals surface area contributed by atoms with Gasteiger partial charge in [0.15, 0.2) is 0 Å². The summed E-state index contributed by atoms with van der Waals surface area (Å²) < 4.78 is 5.57. The van der Waals surface area contributed by atoms with E-state index in [1.54, 1.807) is 12.1 Å². The summed E-state index contributed by atoms with van der Waals surface area (Å²) in [5.74, 6) is -0.175. The molecule has 0 saturated carbocycles. The highest BCUT2D eigenvalue weighted by Gasteiger charge is 2.52. The average Bonchev–Trinajstić information content (AvgIpc) is 2.99. The fourth-order valence-electron chi connectivity index (χ4n) is 3.47. The lowest BCUT2D eigenvalue weighted by molar-refractivity contribution is -0.139. The van der Waals surface area contributed by atoms with E-state index in [0.29, 0.717) is 25.0 Å². The normalized spacial score (nSPS) is 18.5. The van der Waals surface area contributed by atoms with Crippen LogP contribution in [0.4, 0.5) is 4.79 Å². The molecule has 2 N–H and O–H groups in total. The lowest BCUT2D eigenvalue weighted by atomic mass is 9.87. The van der Waals surface area contributed by atoms with Gasteiger partial charge in [-0.15, -0.1) is 0 Å². The molecule has 2 aromatic rings. The summed E-state index contributed by atoms with van der Waals surface area (Å²) >= 11 is 0. The molecule has 1 aliphatic heterocycles. The van der Waals surface area contributed by atoms with Crippen LogP contribution >= 0.6 is 0 Å². The molecule has 0 aromatic heterocycles. The van der Waals surface area contributed by atoms with Crippen LogP contribution in [0.3, 0.4) is 0 Å². The van der Waals surface area contributed by atoms with Crippen molar-refractivity contribution in [2.45, 2.75) is 38.6 Å². The standard InChI is InChI=1S/C22H25N3O4/c1-3-22(17-11-6-5-7-12-17)20(27)25(21(28)23-22)24-19(26)15-14-16-10-8-9-13-18(16)29-4-2/h5-13H,3-4,14-15H2,1-2H3,(H,23,28)(H,24,26)/t22-/m1/s1. The van der Waals surface area contributed by atoms with Gasteiger partial charge in [0.2, 0.25) is 5.91 Å². The molecule has 1 fully saturated rings. The van der Waals surface area contributed by atoms with E-state index in [2.05, 4.69) is 10.7 Å². The molecule has 2 aromatic carbocycles. The third-order valence-corrected chi connectivity index (χ3v) is 5.02. The van der Waals surface area contributed by atoms with Crippen molar-refractivity contribution in [1.82, 2.24) is 15.8 Å². The number of nitrogens with zero attached hydrogens (tertiary/aromatic N) is 1. The van der Waals surface area contributed by atoms with Gasteiger partial charge in [-0.25, -0.2) is 4.79 Å². The quantitative estimate of drug-likeness (QED) is 0.673. The Balaban J connectivity index is 1.68. The average molecular weight is 395 g/mol. The number of carbonyl (C=O) groups is 3. The summed E-state index contributed by atoms with van der Waals surface area (Å²) in [5.41, 5.74) is 2.86. The number of amides is 4. The molecule has 7 nitrogen and oxygen atoms in total. The Labute approximate surface area is 170 Å². The van der Waals surface area contributed by atoms with E-state index in [1.807, 2.05) is 56.3 Å². The summed E-state index contributed by atoms with van der Waals surface area (Å²) in [7, 11) is 0. The summed E-state index contributed by atoms with van der Waals surface area (Å²) in [6, 6.07) is 15.9. The Bertz CT molecular complexity index is 900. The van der Waals surface area contributed by atoms with Crippen LogP contribution in [0.1, 0.15) is 37.8 Å². The number of rotatable bonds is 8. The van der Waals surface area contributed by atoms with Gasteiger partial charge in [-0.2, -0.15) is 5.01 Å². The van der Waals surface area contributed by atoms with Crippen molar-refractivity contribution in [3.8, 4) is 5.75 Å². The number of imide groups is 1. The Morgan fingerprint density at radius 1 is 1.07 bits per heavy atom. The van der Waals surface area contributed by atoms with Crippen LogP contribution in [0.15, 0.2) is 54.6 Å². The third-order valence-electron chi connectivity index (χ3n) is 5.02. The second-order valence-corrected chi connectivity index (χ2v) is 6.77. The maximum absolute atomic E-state index is 13.0. The number of aryl methyl sites for hydroxylation is 1. The van der Waals surface area contributed by atoms with E-state index >= 15 is 0 Å². The molecule has 1 saturated heterocycles. The minimum atomic E-state index is -1.17. The predicted octanol–water partition coefficient (Wildman–Crippen LogP) is 2.91. The van der Waals surface area contributed by atoms with Crippen LogP contribution < -0.4 is 15.5 Å². The second kappa shape index (κ2) is 8.77. The number of hydrogen-bond acceptors (Lipinski definition) is 4. The van der Waals surface area contributed by atoms with Gasteiger partial charge in [0.25, 0.3) is 5.91 Å². The minimum absolute atomic E-state index is 0.117. The molecular formula is C22H25N3O4. The first-order valence-electron chi connectivity index (χ1n) is 9.74. The number of benzene rings is 2. The molecule has 4 amide bonds. The molecule has 1 atom stereocenters. The molecule has 7 heteroatoms. The maximum Gasteiger partial charge on any atom is 0.344 e. The number of urea groups is 1. The highest BCUT2D eigenvalue weighted by atomic mass is 16.5. The zero-order valence-electron chi connectivity index (χ0n) is 16.6. The lowest BCUT2D eigenvalue weighted by Crippen LogP contribution is -2.48. The van der Waals surface area contributed by atoms with Crippen molar-refractivity contribution in [2.24, 2.45) is 0 Å². The van der Waals surface area contributed by atoms with E-state index in [0.717, 1.165) is 16.3 Å². The van der Waals surface area contributed by atoms with Crippen LogP contribution in [0.25, 0.3) is 0 Å². The fourth-order valence-corrected chi connectivity index (χ4v) is 3.47. The zero-order valence-corrected chi connectivity index (χ0v) is 16.6. The van der Waals surface area contributed by atoms with Gasteiger partial charge in [-0.3, -0.25) is 15.0 Å². The van der Waals surface area contributed by atoms with Crippen molar-refractivity contribution >= 4 is 17.8 Å². The van der Waals surface area contributed by atoms with Crippen LogP contribution in [-0.4, -0.2) is 29.5 Å². The van der Waals surface area contributed by atoms with Gasteiger partial charge in [0.05, 0.1) is 6.61 Å². The van der Waals surface area contributed by atoms with Crippen molar-refractivity contribution < 1.29 is 19.1 Å². The smallest absolute Gasteiger partial charge is 0.344 e. The Hall–Kier alpha value is -3.35. The van der Waals surface area contributed by atoms with Gasteiger partial charge >= 0.3 is 6.03 Å². The summed E-state index contributed by atoms with van der Waals surface area (Å²) in [5, 5.41) is 3.53. The van der Waals surface area contributed by atoms with E-state index in [4.69, 9.17) is 4.74 Å². The van der Waals surface area contributed by atoms with E-state index < -0.39 is 23.4 Å². The molecule has 0 aliphatic carbocycles. The molecule has 0 spiro atoms. The predicted molar refractivity (Wildman–Crippen MR) is 108 cm³/mol. The topological polar surface area (TPSA) is 87.7 Å². The molecule has 29 heavy (non-hydrogen) atoms. The highest BCUT2D eigenvalue weighted by molar-refractivity contribution is 6.08. The Kier molecular flexibility index (Phi) is 6.16. The maximum atomic E-state index is 13.0. The second-order valence-electron chi connectivity index (χ2n) is 6.77. The third kappa shape index (κ3) is 4.08. The number of hydrazine groups is 1. The Morgan fingerprint density at radius 3 is 2.45 bits per heavy atom. The summed E-state index contributed by atoms with van der Waals surface area (Å²) in [4.78, 5) is 37.9. The van der Waals surface area contributed by atoms with Gasteiger partial charge in [-0.1, -0.05) is 55.5 Å². The monoisotopic (exact) mass is 395 g/mol. The van der Waals surface area contributed by atoms with E-state index in [9.17, 15) is 14.4 Å². The largest absolute Gasteiger partial charge is 0.494 e. The molecule has 1 aliphatic rings. The first-order chi connectivity index (χ1) is 14.0.